The quantitative estimate of drug-likeness (QED) is 0.596. The monoisotopic (exact) mass is 303 g/mol. The van der Waals surface area contributed by atoms with Crippen LogP contribution in [0.4, 0.5) is 0 Å². The van der Waals surface area contributed by atoms with E-state index in [9.17, 15) is 0 Å². The van der Waals surface area contributed by atoms with Crippen molar-refractivity contribution >= 4 is 11.8 Å². The zero-order valence-electron chi connectivity index (χ0n) is 12.2. The number of methoxy groups -OCH3 is 1. The maximum absolute atomic E-state index is 5.74. The van der Waals surface area contributed by atoms with E-state index in [4.69, 9.17) is 15.2 Å². The first-order valence-electron chi connectivity index (χ1n) is 7.00. The molecule has 0 radical (unpaired) electrons. The van der Waals surface area contributed by atoms with Crippen molar-refractivity contribution in [1.29, 1.82) is 0 Å². The van der Waals surface area contributed by atoms with Crippen LogP contribution in [0.3, 0.4) is 0 Å². The highest BCUT2D eigenvalue weighted by atomic mass is 32.2. The standard InChI is InChI=1S/C17H21NO2S/c1-19-15-6-3-8-17(12-15)21-10-4-9-20-16-7-2-5-14(11-16)13-18/h2-3,5-8,11-12H,4,9-10,13,18H2,1H3. The fourth-order valence-electron chi connectivity index (χ4n) is 1.89. The minimum absolute atomic E-state index is 0.545. The first-order valence-corrected chi connectivity index (χ1v) is 7.99. The minimum atomic E-state index is 0.545. The number of hydrogen-bond donors (Lipinski definition) is 1. The zero-order valence-corrected chi connectivity index (χ0v) is 13.1. The maximum Gasteiger partial charge on any atom is 0.119 e. The zero-order chi connectivity index (χ0) is 14.9. The van der Waals surface area contributed by atoms with Crippen molar-refractivity contribution in [2.75, 3.05) is 19.5 Å². The van der Waals surface area contributed by atoms with Gasteiger partial charge < -0.3 is 15.2 Å². The second kappa shape index (κ2) is 8.60. The van der Waals surface area contributed by atoms with Crippen molar-refractivity contribution in [3.05, 3.63) is 54.1 Å². The lowest BCUT2D eigenvalue weighted by Gasteiger charge is -2.08. The molecule has 0 saturated carbocycles. The first-order chi connectivity index (χ1) is 10.3. The Morgan fingerprint density at radius 2 is 1.86 bits per heavy atom. The van der Waals surface area contributed by atoms with E-state index < -0.39 is 0 Å². The highest BCUT2D eigenvalue weighted by Gasteiger charge is 1.98. The summed E-state index contributed by atoms with van der Waals surface area (Å²) in [5.41, 5.74) is 6.71. The molecule has 0 bridgehead atoms. The number of thioether (sulfide) groups is 1. The normalized spacial score (nSPS) is 10.4. The molecule has 2 rings (SSSR count). The Balaban J connectivity index is 1.69. The van der Waals surface area contributed by atoms with Gasteiger partial charge in [-0.05, 0) is 42.3 Å². The molecule has 3 nitrogen and oxygen atoms in total. The van der Waals surface area contributed by atoms with Crippen molar-refractivity contribution in [2.24, 2.45) is 5.73 Å². The molecule has 0 saturated heterocycles. The van der Waals surface area contributed by atoms with Crippen LogP contribution in [-0.2, 0) is 6.54 Å². The van der Waals surface area contributed by atoms with E-state index in [1.807, 2.05) is 48.2 Å². The summed E-state index contributed by atoms with van der Waals surface area (Å²) in [6, 6.07) is 16.1. The summed E-state index contributed by atoms with van der Waals surface area (Å²) in [6.45, 7) is 1.26. The predicted octanol–water partition coefficient (Wildman–Crippen LogP) is 3.72. The minimum Gasteiger partial charge on any atom is -0.497 e. The van der Waals surface area contributed by atoms with Crippen molar-refractivity contribution in [3.8, 4) is 11.5 Å². The van der Waals surface area contributed by atoms with Gasteiger partial charge in [0.05, 0.1) is 13.7 Å². The molecule has 2 N–H and O–H groups in total. The number of nitrogens with two attached hydrogens (primary N) is 1. The van der Waals surface area contributed by atoms with E-state index in [2.05, 4.69) is 12.1 Å². The van der Waals surface area contributed by atoms with Gasteiger partial charge in [-0.3, -0.25) is 0 Å². The van der Waals surface area contributed by atoms with Gasteiger partial charge in [0, 0.05) is 17.2 Å². The summed E-state index contributed by atoms with van der Waals surface area (Å²) in [6.07, 6.45) is 0.995. The van der Waals surface area contributed by atoms with Crippen LogP contribution < -0.4 is 15.2 Å². The number of benzene rings is 2. The SMILES string of the molecule is COc1cccc(SCCCOc2cccc(CN)c2)c1. The summed E-state index contributed by atoms with van der Waals surface area (Å²) in [5, 5.41) is 0. The van der Waals surface area contributed by atoms with Gasteiger partial charge in [0.1, 0.15) is 11.5 Å². The molecule has 0 fully saturated rings. The fraction of sp³-hybridized carbons (Fsp3) is 0.294. The van der Waals surface area contributed by atoms with Gasteiger partial charge in [0.2, 0.25) is 0 Å². The Morgan fingerprint density at radius 3 is 2.67 bits per heavy atom. The molecule has 4 heteroatoms. The number of ether oxygens (including phenoxy) is 2. The average Bonchev–Trinajstić information content (AvgIpc) is 2.55. The average molecular weight is 303 g/mol. The van der Waals surface area contributed by atoms with Crippen molar-refractivity contribution in [1.82, 2.24) is 0 Å². The topological polar surface area (TPSA) is 44.5 Å². The van der Waals surface area contributed by atoms with E-state index in [-0.39, 0.29) is 0 Å². The third-order valence-corrected chi connectivity index (χ3v) is 4.08. The maximum atomic E-state index is 5.74. The van der Waals surface area contributed by atoms with Crippen LogP contribution in [0, 0.1) is 0 Å². The lowest BCUT2D eigenvalue weighted by molar-refractivity contribution is 0.318. The molecule has 21 heavy (non-hydrogen) atoms. The molecule has 0 aromatic heterocycles. The van der Waals surface area contributed by atoms with Gasteiger partial charge in [-0.1, -0.05) is 18.2 Å². The summed E-state index contributed by atoms with van der Waals surface area (Å²) in [7, 11) is 1.69. The summed E-state index contributed by atoms with van der Waals surface area (Å²) < 4.78 is 11.0. The molecule has 0 aliphatic heterocycles. The molecular weight excluding hydrogens is 282 g/mol. The largest absolute Gasteiger partial charge is 0.497 e. The lowest BCUT2D eigenvalue weighted by atomic mass is 10.2. The Kier molecular flexibility index (Phi) is 6.44. The molecule has 0 aliphatic carbocycles. The molecular formula is C17H21NO2S. The van der Waals surface area contributed by atoms with Crippen molar-refractivity contribution in [2.45, 2.75) is 17.9 Å². The molecule has 0 spiro atoms. The van der Waals surface area contributed by atoms with Crippen LogP contribution in [0.5, 0.6) is 11.5 Å². The van der Waals surface area contributed by atoms with Gasteiger partial charge in [0.15, 0.2) is 0 Å². The highest BCUT2D eigenvalue weighted by molar-refractivity contribution is 7.99. The fourth-order valence-corrected chi connectivity index (χ4v) is 2.76. The van der Waals surface area contributed by atoms with Crippen LogP contribution >= 0.6 is 11.8 Å². The molecule has 2 aromatic rings. The number of rotatable bonds is 8. The summed E-state index contributed by atoms with van der Waals surface area (Å²) in [4.78, 5) is 1.22. The smallest absolute Gasteiger partial charge is 0.119 e. The van der Waals surface area contributed by atoms with E-state index >= 15 is 0 Å². The van der Waals surface area contributed by atoms with Gasteiger partial charge in [0.25, 0.3) is 0 Å². The van der Waals surface area contributed by atoms with E-state index in [1.54, 1.807) is 7.11 Å². The Hall–Kier alpha value is -1.65. The molecule has 2 aromatic carbocycles. The van der Waals surface area contributed by atoms with Gasteiger partial charge in [-0.15, -0.1) is 11.8 Å². The Labute approximate surface area is 130 Å². The third-order valence-electron chi connectivity index (χ3n) is 3.00. The second-order valence-corrected chi connectivity index (χ2v) is 5.75. The molecule has 0 amide bonds. The predicted molar refractivity (Wildman–Crippen MR) is 88.2 cm³/mol. The summed E-state index contributed by atoms with van der Waals surface area (Å²) in [5.74, 6) is 2.81. The molecule has 0 unspecified atom stereocenters. The third kappa shape index (κ3) is 5.33. The van der Waals surface area contributed by atoms with Crippen LogP contribution in [0.1, 0.15) is 12.0 Å². The molecule has 0 heterocycles. The van der Waals surface area contributed by atoms with Crippen LogP contribution in [0.15, 0.2) is 53.4 Å². The van der Waals surface area contributed by atoms with Crippen LogP contribution in [0.2, 0.25) is 0 Å². The van der Waals surface area contributed by atoms with Crippen LogP contribution in [-0.4, -0.2) is 19.5 Å². The Morgan fingerprint density at radius 1 is 1.05 bits per heavy atom. The van der Waals surface area contributed by atoms with Crippen LogP contribution in [0.25, 0.3) is 0 Å². The first kappa shape index (κ1) is 15.7. The van der Waals surface area contributed by atoms with Crippen molar-refractivity contribution < 1.29 is 9.47 Å². The van der Waals surface area contributed by atoms with Crippen molar-refractivity contribution in [3.63, 3.8) is 0 Å². The van der Waals surface area contributed by atoms with Gasteiger partial charge >= 0.3 is 0 Å². The van der Waals surface area contributed by atoms with Gasteiger partial charge in [-0.2, -0.15) is 0 Å². The summed E-state index contributed by atoms with van der Waals surface area (Å²) >= 11 is 1.81. The Bertz CT molecular complexity index is 510. The lowest BCUT2D eigenvalue weighted by Crippen LogP contribution is -2.00. The highest BCUT2D eigenvalue weighted by Crippen LogP contribution is 2.23. The molecule has 112 valence electrons. The number of hydrogen-bond acceptors (Lipinski definition) is 4. The van der Waals surface area contributed by atoms with E-state index in [0.717, 1.165) is 29.2 Å². The van der Waals surface area contributed by atoms with Gasteiger partial charge in [-0.25, -0.2) is 0 Å². The van der Waals surface area contributed by atoms with E-state index in [1.165, 1.54) is 4.90 Å². The molecule has 0 atom stereocenters. The molecule has 0 aliphatic rings. The van der Waals surface area contributed by atoms with E-state index in [0.29, 0.717) is 13.2 Å². The second-order valence-electron chi connectivity index (χ2n) is 4.58.